The predicted octanol–water partition coefficient (Wildman–Crippen LogP) is 7.14. The van der Waals surface area contributed by atoms with Gasteiger partial charge in [-0.25, -0.2) is 4.99 Å². The molecule has 1 saturated heterocycles. The Kier molecular flexibility index (Phi) is 30.9. The number of hydrogen-bond donors (Lipinski definition) is 1. The third-order valence-electron chi connectivity index (χ3n) is 4.80. The minimum Gasteiger partial charge on any atom is -0.483 e. The van der Waals surface area contributed by atoms with E-state index in [4.69, 9.17) is 4.74 Å². The van der Waals surface area contributed by atoms with E-state index in [9.17, 15) is 22.8 Å². The van der Waals surface area contributed by atoms with Gasteiger partial charge >= 0.3 is 6.18 Å². The maximum Gasteiger partial charge on any atom is 0.416 e. The molecule has 0 aromatic carbocycles. The zero-order valence-electron chi connectivity index (χ0n) is 25.7. The summed E-state index contributed by atoms with van der Waals surface area (Å²) in [6.45, 7) is 17.8. The van der Waals surface area contributed by atoms with Crippen LogP contribution in [0.3, 0.4) is 0 Å². The van der Waals surface area contributed by atoms with Crippen LogP contribution in [-0.2, 0) is 14.3 Å². The fourth-order valence-corrected chi connectivity index (χ4v) is 3.19. The van der Waals surface area contributed by atoms with Crippen LogP contribution in [0.5, 0.6) is 0 Å². The van der Waals surface area contributed by atoms with Gasteiger partial charge in [-0.05, 0) is 37.8 Å². The van der Waals surface area contributed by atoms with Gasteiger partial charge in [0.25, 0.3) is 0 Å². The molecule has 0 bridgehead atoms. The molecule has 1 aliphatic heterocycles. The summed E-state index contributed by atoms with van der Waals surface area (Å²) in [6, 6.07) is 0. The molecule has 0 radical (unpaired) electrons. The molecular weight excluding hydrogens is 507 g/mol. The number of terminal acetylenes is 1. The van der Waals surface area contributed by atoms with Gasteiger partial charge in [0, 0.05) is 20.0 Å². The summed E-state index contributed by atoms with van der Waals surface area (Å²) in [5.74, 6) is -0.362. The van der Waals surface area contributed by atoms with E-state index in [-0.39, 0.29) is 43.1 Å². The predicted molar refractivity (Wildman–Crippen MR) is 159 cm³/mol. The van der Waals surface area contributed by atoms with Gasteiger partial charge in [-0.1, -0.05) is 66.7 Å². The number of allylic oxidation sites excluding steroid dienone is 4. The van der Waals surface area contributed by atoms with Gasteiger partial charge in [0.15, 0.2) is 0 Å². The summed E-state index contributed by atoms with van der Waals surface area (Å²) < 4.78 is 44.7. The molecule has 0 aromatic rings. The first-order chi connectivity index (χ1) is 18.6. The van der Waals surface area contributed by atoms with E-state index in [1.807, 2.05) is 41.5 Å². The van der Waals surface area contributed by atoms with Gasteiger partial charge in [0.1, 0.15) is 0 Å². The summed E-state index contributed by atoms with van der Waals surface area (Å²) in [5.41, 5.74) is -0.359. The molecule has 1 aliphatic rings. The first-order valence-corrected chi connectivity index (χ1v) is 13.7. The molecule has 1 heterocycles. The van der Waals surface area contributed by atoms with E-state index in [1.54, 1.807) is 30.9 Å². The summed E-state index contributed by atoms with van der Waals surface area (Å²) in [6.07, 6.45) is 10.6. The van der Waals surface area contributed by atoms with Crippen LogP contribution in [-0.4, -0.2) is 62.1 Å². The second-order valence-corrected chi connectivity index (χ2v) is 7.22. The molecule has 0 saturated carbocycles. The van der Waals surface area contributed by atoms with E-state index in [1.165, 1.54) is 14.0 Å². The lowest BCUT2D eigenvalue weighted by atomic mass is 9.97. The molecule has 1 unspecified atom stereocenters. The maximum absolute atomic E-state index is 13.2. The Labute approximate surface area is 235 Å². The summed E-state index contributed by atoms with van der Waals surface area (Å²) >= 11 is 0. The van der Waals surface area contributed by atoms with Crippen LogP contribution in [0.4, 0.5) is 13.2 Å². The van der Waals surface area contributed by atoms with Crippen molar-refractivity contribution in [2.75, 3.05) is 33.3 Å². The molecule has 0 aliphatic carbocycles. The fourth-order valence-electron chi connectivity index (χ4n) is 3.19. The number of likely N-dealkylation sites (tertiary alicyclic amines) is 1. The SMILES string of the molecule is C#C.CC.CC.CC.C\C=C/C(=C\C(=C\CC)C(F)(F)F)CN=C(CNC(=O)C1CCCN(C(C)=O)C1)OC. The number of aliphatic imine (C=N–C) groups is 1. The van der Waals surface area contributed by atoms with Crippen LogP contribution < -0.4 is 5.32 Å². The number of rotatable bonds is 8. The Morgan fingerprint density at radius 3 is 2.13 bits per heavy atom. The van der Waals surface area contributed by atoms with Gasteiger partial charge in [0.2, 0.25) is 17.7 Å². The monoisotopic (exact) mass is 559 g/mol. The maximum atomic E-state index is 13.2. The topological polar surface area (TPSA) is 71.0 Å². The summed E-state index contributed by atoms with van der Waals surface area (Å²) in [7, 11) is 1.39. The highest BCUT2D eigenvalue weighted by molar-refractivity contribution is 5.86. The normalized spacial score (nSPS) is 15.6. The van der Waals surface area contributed by atoms with Crippen LogP contribution >= 0.6 is 0 Å². The van der Waals surface area contributed by atoms with Crippen LogP contribution in [0.25, 0.3) is 0 Å². The highest BCUT2D eigenvalue weighted by atomic mass is 19.4. The Morgan fingerprint density at radius 2 is 1.69 bits per heavy atom. The number of carbonyl (C=O) groups is 2. The van der Waals surface area contributed by atoms with Crippen LogP contribution in [0, 0.1) is 18.8 Å². The Bertz CT molecular complexity index is 783. The number of piperidine rings is 1. The number of nitrogens with zero attached hydrogens (tertiary/aromatic N) is 2. The van der Waals surface area contributed by atoms with Crippen LogP contribution in [0.2, 0.25) is 0 Å². The average Bonchev–Trinajstić information content (AvgIpc) is 2.96. The summed E-state index contributed by atoms with van der Waals surface area (Å²) in [5, 5.41) is 2.74. The van der Waals surface area contributed by atoms with E-state index in [0.29, 0.717) is 25.1 Å². The van der Waals surface area contributed by atoms with Crippen LogP contribution in [0.15, 0.2) is 40.4 Å². The van der Waals surface area contributed by atoms with Gasteiger partial charge in [0.05, 0.1) is 31.7 Å². The van der Waals surface area contributed by atoms with Crippen molar-refractivity contribution in [1.82, 2.24) is 10.2 Å². The van der Waals surface area contributed by atoms with Crippen molar-refractivity contribution in [2.45, 2.75) is 87.8 Å². The van der Waals surface area contributed by atoms with Crippen molar-refractivity contribution >= 4 is 17.7 Å². The molecule has 1 fully saturated rings. The molecule has 1 N–H and O–H groups in total. The van der Waals surface area contributed by atoms with Gasteiger partial charge in [-0.3, -0.25) is 9.59 Å². The second kappa shape index (κ2) is 28.0. The number of carbonyl (C=O) groups excluding carboxylic acids is 2. The van der Waals surface area contributed by atoms with E-state index in [2.05, 4.69) is 23.2 Å². The number of hydrogen-bond acceptors (Lipinski definition) is 4. The Hall–Kier alpha value is -3.02. The number of ether oxygens (including phenoxy) is 1. The van der Waals surface area contributed by atoms with Gasteiger partial charge in [-0.15, -0.1) is 12.8 Å². The molecule has 6 nitrogen and oxygen atoms in total. The number of methoxy groups -OCH3 is 1. The van der Waals surface area contributed by atoms with Crippen molar-refractivity contribution in [2.24, 2.45) is 10.9 Å². The quantitative estimate of drug-likeness (QED) is 0.149. The van der Waals surface area contributed by atoms with Gasteiger partial charge in [-0.2, -0.15) is 13.2 Å². The molecule has 0 aromatic heterocycles. The molecular formula is C30H52F3N3O3. The lowest BCUT2D eigenvalue weighted by Gasteiger charge is -2.31. The van der Waals surface area contributed by atoms with E-state index >= 15 is 0 Å². The van der Waals surface area contributed by atoms with Crippen molar-refractivity contribution in [3.63, 3.8) is 0 Å². The van der Waals surface area contributed by atoms with Crippen molar-refractivity contribution in [1.29, 1.82) is 0 Å². The first-order valence-electron chi connectivity index (χ1n) is 13.7. The van der Waals surface area contributed by atoms with Crippen molar-refractivity contribution in [3.05, 3.63) is 35.5 Å². The average molecular weight is 560 g/mol. The molecule has 2 amide bonds. The molecule has 0 spiro atoms. The van der Waals surface area contributed by atoms with Crippen molar-refractivity contribution in [3.8, 4) is 12.8 Å². The molecule has 1 atom stereocenters. The highest BCUT2D eigenvalue weighted by Crippen LogP contribution is 2.28. The highest BCUT2D eigenvalue weighted by Gasteiger charge is 2.31. The van der Waals surface area contributed by atoms with Crippen LogP contribution in [0.1, 0.15) is 81.6 Å². The Balaban J connectivity index is -0.000000697. The first kappa shape index (κ1) is 43.0. The van der Waals surface area contributed by atoms with E-state index < -0.39 is 11.7 Å². The minimum atomic E-state index is -4.45. The minimum absolute atomic E-state index is 0.0198. The van der Waals surface area contributed by atoms with Gasteiger partial charge < -0.3 is 15.0 Å². The standard InChI is InChI=1S/C22H32F3N3O3.3C2H6.C2H2/c1-5-8-17(12-19(9-6-2)22(23,24)25)13-26-20(31-4)14-27-21(30)18-10-7-11-28(15-18)16(3)29;4*1-2/h5,8-9,12,18H,6-7,10-11,13-15H2,1-4H3,(H,27,30);3*1-2H3;1-2H/b8-5-,17-12+,19-9-,26-20?;;;;. The fraction of sp³-hybridized carbons (Fsp3) is 0.633. The molecule has 1 rings (SSSR count). The zero-order chi connectivity index (χ0) is 31.4. The second-order valence-electron chi connectivity index (χ2n) is 7.22. The number of halogens is 3. The summed E-state index contributed by atoms with van der Waals surface area (Å²) in [4.78, 5) is 29.8. The third kappa shape index (κ3) is 20.6. The largest absolute Gasteiger partial charge is 0.483 e. The smallest absolute Gasteiger partial charge is 0.416 e. The molecule has 226 valence electrons. The number of alkyl halides is 3. The molecule has 9 heteroatoms. The number of nitrogens with one attached hydrogen (secondary N) is 1. The lowest BCUT2D eigenvalue weighted by molar-refractivity contribution is -0.133. The Morgan fingerprint density at radius 1 is 1.13 bits per heavy atom. The lowest BCUT2D eigenvalue weighted by Crippen LogP contribution is -2.45. The molecule has 39 heavy (non-hydrogen) atoms. The zero-order valence-corrected chi connectivity index (χ0v) is 25.7. The number of amides is 2. The third-order valence-corrected chi connectivity index (χ3v) is 4.80. The van der Waals surface area contributed by atoms with E-state index in [0.717, 1.165) is 18.6 Å². The van der Waals surface area contributed by atoms with Crippen molar-refractivity contribution < 1.29 is 27.5 Å².